The van der Waals surface area contributed by atoms with Crippen LogP contribution in [0.15, 0.2) is 22.7 Å². The molecular formula is C14H17BrClNO2. The van der Waals surface area contributed by atoms with Crippen molar-refractivity contribution < 1.29 is 9.53 Å². The Bertz CT molecular complexity index is 490. The second-order valence-corrected chi connectivity index (χ2v) is 6.69. The molecule has 1 unspecified atom stereocenters. The zero-order valence-electron chi connectivity index (χ0n) is 11.0. The van der Waals surface area contributed by atoms with Crippen LogP contribution >= 0.6 is 27.5 Å². The van der Waals surface area contributed by atoms with E-state index in [4.69, 9.17) is 16.3 Å². The van der Waals surface area contributed by atoms with Crippen LogP contribution in [0.2, 0.25) is 5.02 Å². The van der Waals surface area contributed by atoms with Crippen molar-refractivity contribution in [3.05, 3.63) is 33.3 Å². The predicted molar refractivity (Wildman–Crippen MR) is 79.7 cm³/mol. The molecule has 0 saturated carbocycles. The van der Waals surface area contributed by atoms with Gasteiger partial charge in [-0.15, -0.1) is 0 Å². The molecule has 5 heteroatoms. The molecule has 1 aromatic carbocycles. The fourth-order valence-electron chi connectivity index (χ4n) is 2.29. The molecule has 1 atom stereocenters. The van der Waals surface area contributed by atoms with Gasteiger partial charge < -0.3 is 10.1 Å². The highest BCUT2D eigenvalue weighted by Crippen LogP contribution is 2.25. The summed E-state index contributed by atoms with van der Waals surface area (Å²) in [4.78, 5) is 12.2. The van der Waals surface area contributed by atoms with Crippen LogP contribution in [0.1, 0.15) is 37.0 Å². The van der Waals surface area contributed by atoms with Crippen molar-refractivity contribution in [2.75, 3.05) is 6.61 Å². The van der Waals surface area contributed by atoms with E-state index in [-0.39, 0.29) is 17.6 Å². The summed E-state index contributed by atoms with van der Waals surface area (Å²) in [7, 11) is 0. The van der Waals surface area contributed by atoms with Gasteiger partial charge in [-0.25, -0.2) is 0 Å². The molecule has 0 radical (unpaired) electrons. The number of hydrogen-bond donors (Lipinski definition) is 1. The number of hydrogen-bond acceptors (Lipinski definition) is 2. The van der Waals surface area contributed by atoms with Crippen molar-refractivity contribution in [1.29, 1.82) is 0 Å². The lowest BCUT2D eigenvalue weighted by Crippen LogP contribution is -2.45. The van der Waals surface area contributed by atoms with E-state index in [2.05, 4.69) is 21.2 Å². The van der Waals surface area contributed by atoms with Crippen molar-refractivity contribution in [2.24, 2.45) is 0 Å². The summed E-state index contributed by atoms with van der Waals surface area (Å²) >= 11 is 9.24. The Morgan fingerprint density at radius 2 is 2.26 bits per heavy atom. The van der Waals surface area contributed by atoms with Crippen LogP contribution in [0.5, 0.6) is 0 Å². The average molecular weight is 347 g/mol. The highest BCUT2D eigenvalue weighted by molar-refractivity contribution is 9.10. The Labute approximate surface area is 126 Å². The molecule has 1 heterocycles. The van der Waals surface area contributed by atoms with E-state index in [1.165, 1.54) is 0 Å². The van der Waals surface area contributed by atoms with Gasteiger partial charge in [-0.05, 0) is 60.8 Å². The quantitative estimate of drug-likeness (QED) is 0.885. The first-order valence-corrected chi connectivity index (χ1v) is 7.44. The number of carbonyl (C=O) groups is 1. The van der Waals surface area contributed by atoms with Crippen LogP contribution in [0.3, 0.4) is 0 Å². The molecule has 0 bridgehead atoms. The number of nitrogens with one attached hydrogen (secondary N) is 1. The maximum absolute atomic E-state index is 12.2. The second kappa shape index (κ2) is 5.81. The molecule has 0 spiro atoms. The van der Waals surface area contributed by atoms with Gasteiger partial charge >= 0.3 is 0 Å². The van der Waals surface area contributed by atoms with Crippen LogP contribution in [0, 0.1) is 0 Å². The first-order chi connectivity index (χ1) is 8.87. The highest BCUT2D eigenvalue weighted by atomic mass is 79.9. The maximum atomic E-state index is 12.2. The van der Waals surface area contributed by atoms with E-state index in [1.54, 1.807) is 18.2 Å². The van der Waals surface area contributed by atoms with Crippen LogP contribution in [0.4, 0.5) is 0 Å². The second-order valence-electron chi connectivity index (χ2n) is 5.40. The normalized spacial score (nSPS) is 22.0. The van der Waals surface area contributed by atoms with Gasteiger partial charge in [0.1, 0.15) is 0 Å². The topological polar surface area (TPSA) is 38.3 Å². The lowest BCUT2D eigenvalue weighted by atomic mass is 9.94. The summed E-state index contributed by atoms with van der Waals surface area (Å²) in [6.07, 6.45) is 1.67. The lowest BCUT2D eigenvalue weighted by molar-refractivity contribution is -0.0615. The van der Waals surface area contributed by atoms with E-state index in [1.807, 2.05) is 13.8 Å². The molecule has 1 N–H and O–H groups in total. The third-order valence-corrected chi connectivity index (χ3v) is 4.10. The van der Waals surface area contributed by atoms with Crippen molar-refractivity contribution in [1.82, 2.24) is 5.32 Å². The summed E-state index contributed by atoms with van der Waals surface area (Å²) in [6, 6.07) is 5.32. The van der Waals surface area contributed by atoms with Crippen molar-refractivity contribution in [3.63, 3.8) is 0 Å². The Morgan fingerprint density at radius 1 is 1.53 bits per heavy atom. The minimum absolute atomic E-state index is 0.0776. The summed E-state index contributed by atoms with van der Waals surface area (Å²) in [5.74, 6) is -0.0776. The third kappa shape index (κ3) is 3.94. The number of amides is 1. The Balaban J connectivity index is 2.04. The molecule has 1 amide bonds. The van der Waals surface area contributed by atoms with Crippen LogP contribution in [0.25, 0.3) is 0 Å². The van der Waals surface area contributed by atoms with Gasteiger partial charge in [-0.1, -0.05) is 11.6 Å². The first kappa shape index (κ1) is 14.8. The fourth-order valence-corrected chi connectivity index (χ4v) is 3.15. The van der Waals surface area contributed by atoms with E-state index >= 15 is 0 Å². The SMILES string of the molecule is CC1(C)CC(NC(=O)c2ccc(Cl)cc2Br)CCO1. The summed E-state index contributed by atoms with van der Waals surface area (Å²) < 4.78 is 6.36. The standard InChI is InChI=1S/C14H17BrClNO2/c1-14(2)8-10(5-6-19-14)17-13(18)11-4-3-9(16)7-12(11)15/h3-4,7,10H,5-6,8H2,1-2H3,(H,17,18). The van der Waals surface area contributed by atoms with Gasteiger partial charge in [-0.3, -0.25) is 4.79 Å². The molecular weight excluding hydrogens is 330 g/mol. The van der Waals surface area contributed by atoms with Crippen molar-refractivity contribution in [2.45, 2.75) is 38.3 Å². The number of benzene rings is 1. The molecule has 104 valence electrons. The van der Waals surface area contributed by atoms with Gasteiger partial charge in [0.2, 0.25) is 0 Å². The number of ether oxygens (including phenoxy) is 1. The largest absolute Gasteiger partial charge is 0.375 e. The van der Waals surface area contributed by atoms with Crippen LogP contribution in [-0.4, -0.2) is 24.2 Å². The van der Waals surface area contributed by atoms with Crippen molar-refractivity contribution >= 4 is 33.4 Å². The van der Waals surface area contributed by atoms with Crippen molar-refractivity contribution in [3.8, 4) is 0 Å². The van der Waals surface area contributed by atoms with Crippen LogP contribution < -0.4 is 5.32 Å². The molecule has 0 aliphatic carbocycles. The fraction of sp³-hybridized carbons (Fsp3) is 0.500. The van der Waals surface area contributed by atoms with Gasteiger partial charge in [-0.2, -0.15) is 0 Å². The number of halogens is 2. The van der Waals surface area contributed by atoms with Gasteiger partial charge in [0.05, 0.1) is 11.2 Å². The summed E-state index contributed by atoms with van der Waals surface area (Å²) in [5, 5.41) is 3.67. The molecule has 1 aromatic rings. The molecule has 1 fully saturated rings. The van der Waals surface area contributed by atoms with E-state index < -0.39 is 0 Å². The Morgan fingerprint density at radius 3 is 2.89 bits per heavy atom. The third-order valence-electron chi connectivity index (χ3n) is 3.21. The lowest BCUT2D eigenvalue weighted by Gasteiger charge is -2.35. The van der Waals surface area contributed by atoms with Gasteiger partial charge in [0.25, 0.3) is 5.91 Å². The molecule has 1 aliphatic rings. The zero-order chi connectivity index (χ0) is 14.0. The minimum atomic E-state index is -0.173. The molecule has 3 nitrogen and oxygen atoms in total. The molecule has 19 heavy (non-hydrogen) atoms. The van der Waals surface area contributed by atoms with E-state index in [9.17, 15) is 4.79 Å². The average Bonchev–Trinajstić information content (AvgIpc) is 2.27. The Kier molecular flexibility index (Phi) is 4.54. The smallest absolute Gasteiger partial charge is 0.252 e. The van der Waals surface area contributed by atoms with E-state index in [0.29, 0.717) is 21.7 Å². The maximum Gasteiger partial charge on any atom is 0.252 e. The monoisotopic (exact) mass is 345 g/mol. The highest BCUT2D eigenvalue weighted by Gasteiger charge is 2.30. The predicted octanol–water partition coefficient (Wildman–Crippen LogP) is 3.79. The molecule has 0 aromatic heterocycles. The molecule has 1 aliphatic heterocycles. The number of rotatable bonds is 2. The summed E-state index contributed by atoms with van der Waals surface area (Å²) in [6.45, 7) is 4.77. The number of carbonyl (C=O) groups excluding carboxylic acids is 1. The molecule has 1 saturated heterocycles. The zero-order valence-corrected chi connectivity index (χ0v) is 13.3. The first-order valence-electron chi connectivity index (χ1n) is 6.27. The van der Waals surface area contributed by atoms with Crippen LogP contribution in [-0.2, 0) is 4.74 Å². The molecule has 2 rings (SSSR count). The Hall–Kier alpha value is -0.580. The minimum Gasteiger partial charge on any atom is -0.375 e. The van der Waals surface area contributed by atoms with E-state index in [0.717, 1.165) is 12.8 Å². The van der Waals surface area contributed by atoms with Gasteiger partial charge in [0.15, 0.2) is 0 Å². The van der Waals surface area contributed by atoms with Gasteiger partial charge in [0, 0.05) is 22.1 Å². The summed E-state index contributed by atoms with van der Waals surface area (Å²) in [5.41, 5.74) is 0.432.